The highest BCUT2D eigenvalue weighted by molar-refractivity contribution is 8.13. The van der Waals surface area contributed by atoms with Gasteiger partial charge in [-0.3, -0.25) is 9.66 Å². The Morgan fingerprint density at radius 3 is 2.52 bits per heavy atom. The predicted molar refractivity (Wildman–Crippen MR) is 127 cm³/mol. The lowest BCUT2D eigenvalue weighted by molar-refractivity contribution is 0.308. The molecule has 0 radical (unpaired) electrons. The first kappa shape index (κ1) is 23.2. The van der Waals surface area contributed by atoms with E-state index in [1.54, 1.807) is 0 Å². The van der Waals surface area contributed by atoms with E-state index in [9.17, 15) is 0 Å². The SMILES string of the molecule is CPN1CCC(CSC(C)=N/C=C(\C)C(C)(C)c2ccc(Cl)c(Cl)c2)CC1. The summed E-state index contributed by atoms with van der Waals surface area (Å²) in [5, 5.41) is 2.33. The van der Waals surface area contributed by atoms with Gasteiger partial charge in [0.15, 0.2) is 0 Å². The maximum absolute atomic E-state index is 6.20. The number of benzene rings is 1. The summed E-state index contributed by atoms with van der Waals surface area (Å²) in [5.74, 6) is 2.00. The Bertz CT molecular complexity index is 695. The molecule has 0 saturated carbocycles. The van der Waals surface area contributed by atoms with Crippen LogP contribution in [0.4, 0.5) is 0 Å². The Morgan fingerprint density at radius 1 is 1.26 bits per heavy atom. The average molecular weight is 445 g/mol. The van der Waals surface area contributed by atoms with Crippen LogP contribution >= 0.6 is 43.7 Å². The molecule has 0 bridgehead atoms. The molecule has 1 aliphatic rings. The molecule has 0 amide bonds. The largest absolute Gasteiger partial charge is 0.285 e. The zero-order valence-electron chi connectivity index (χ0n) is 17.0. The normalized spacial score (nSPS) is 18.6. The van der Waals surface area contributed by atoms with Crippen molar-refractivity contribution in [3.63, 3.8) is 0 Å². The fourth-order valence-electron chi connectivity index (χ4n) is 3.06. The summed E-state index contributed by atoms with van der Waals surface area (Å²) < 4.78 is 2.57. The van der Waals surface area contributed by atoms with Crippen LogP contribution in [0.15, 0.2) is 35.0 Å². The summed E-state index contributed by atoms with van der Waals surface area (Å²) >= 11 is 14.2. The van der Waals surface area contributed by atoms with Crippen LogP contribution in [0.2, 0.25) is 10.0 Å². The van der Waals surface area contributed by atoms with Crippen LogP contribution in [0.25, 0.3) is 0 Å². The number of hydrogen-bond donors (Lipinski definition) is 0. The summed E-state index contributed by atoms with van der Waals surface area (Å²) in [7, 11) is 0.951. The molecule has 2 nitrogen and oxygen atoms in total. The third kappa shape index (κ3) is 6.75. The molecule has 1 aliphatic heterocycles. The van der Waals surface area contributed by atoms with E-state index in [0.717, 1.165) is 25.3 Å². The quantitative estimate of drug-likeness (QED) is 0.260. The number of rotatable bonds is 6. The van der Waals surface area contributed by atoms with E-state index in [-0.39, 0.29) is 5.41 Å². The van der Waals surface area contributed by atoms with E-state index in [1.165, 1.54) is 37.3 Å². The summed E-state index contributed by atoms with van der Waals surface area (Å²) in [6, 6.07) is 5.86. The van der Waals surface area contributed by atoms with Crippen molar-refractivity contribution in [1.82, 2.24) is 4.67 Å². The van der Waals surface area contributed by atoms with Gasteiger partial charge in [-0.05, 0) is 62.5 Å². The summed E-state index contributed by atoms with van der Waals surface area (Å²) in [4.78, 5) is 4.72. The van der Waals surface area contributed by atoms with Gasteiger partial charge in [-0.1, -0.05) is 51.8 Å². The minimum absolute atomic E-state index is 0.142. The van der Waals surface area contributed by atoms with Gasteiger partial charge in [0.2, 0.25) is 0 Å². The van der Waals surface area contributed by atoms with Gasteiger partial charge in [0.25, 0.3) is 0 Å². The second kappa shape index (κ2) is 10.6. The van der Waals surface area contributed by atoms with Crippen LogP contribution in [0.1, 0.15) is 46.1 Å². The molecule has 1 saturated heterocycles. The highest BCUT2D eigenvalue weighted by Crippen LogP contribution is 2.35. The number of hydrogen-bond acceptors (Lipinski definition) is 3. The first-order valence-corrected chi connectivity index (χ1v) is 12.6. The van der Waals surface area contributed by atoms with Crippen molar-refractivity contribution in [2.75, 3.05) is 25.5 Å². The van der Waals surface area contributed by atoms with E-state index >= 15 is 0 Å². The number of thioether (sulfide) groups is 1. The molecule has 0 N–H and O–H groups in total. The molecule has 1 heterocycles. The van der Waals surface area contributed by atoms with E-state index in [1.807, 2.05) is 36.2 Å². The smallest absolute Gasteiger partial charge is 0.0700 e. The average Bonchev–Trinajstić information content (AvgIpc) is 2.66. The lowest BCUT2D eigenvalue weighted by Crippen LogP contribution is -2.28. The lowest BCUT2D eigenvalue weighted by Gasteiger charge is -2.30. The monoisotopic (exact) mass is 444 g/mol. The van der Waals surface area contributed by atoms with Gasteiger partial charge in [0.1, 0.15) is 0 Å². The van der Waals surface area contributed by atoms with Crippen molar-refractivity contribution < 1.29 is 0 Å². The first-order valence-electron chi connectivity index (χ1n) is 9.46. The molecule has 1 aromatic carbocycles. The van der Waals surface area contributed by atoms with Crippen LogP contribution in [-0.2, 0) is 5.41 Å². The molecule has 1 fully saturated rings. The molecule has 1 unspecified atom stereocenters. The van der Waals surface area contributed by atoms with E-state index < -0.39 is 0 Å². The lowest BCUT2D eigenvalue weighted by atomic mass is 9.79. The van der Waals surface area contributed by atoms with Gasteiger partial charge in [0.05, 0.1) is 15.1 Å². The van der Waals surface area contributed by atoms with Crippen LogP contribution in [0, 0.1) is 5.92 Å². The summed E-state index contributed by atoms with van der Waals surface area (Å²) in [6.07, 6.45) is 4.65. The standard InChI is InChI=1S/C21H31Cl2N2PS/c1-15(21(3,4)18-6-7-19(22)20(23)12-18)13-24-16(2)27-14-17-8-10-25(26-5)11-9-17/h6-7,12-13,17,26H,8-11,14H2,1-5H3/b15-13+,24-16?. The Kier molecular flexibility index (Phi) is 9.16. The van der Waals surface area contributed by atoms with E-state index in [0.29, 0.717) is 10.0 Å². The van der Waals surface area contributed by atoms with Crippen LogP contribution in [0.5, 0.6) is 0 Å². The Labute approximate surface area is 181 Å². The summed E-state index contributed by atoms with van der Waals surface area (Å²) in [5.41, 5.74) is 2.21. The maximum atomic E-state index is 6.20. The number of nitrogens with zero attached hydrogens (tertiary/aromatic N) is 2. The van der Waals surface area contributed by atoms with Crippen LogP contribution in [-0.4, -0.2) is 35.2 Å². The van der Waals surface area contributed by atoms with Gasteiger partial charge in [-0.25, -0.2) is 0 Å². The molecule has 150 valence electrons. The molecule has 1 atom stereocenters. The number of aliphatic imine (C=N–C) groups is 1. The predicted octanol–water partition coefficient (Wildman–Crippen LogP) is 7.26. The van der Waals surface area contributed by atoms with Crippen LogP contribution in [0.3, 0.4) is 0 Å². The molecule has 2 rings (SSSR count). The highest BCUT2D eigenvalue weighted by Gasteiger charge is 2.23. The highest BCUT2D eigenvalue weighted by atomic mass is 35.5. The zero-order valence-corrected chi connectivity index (χ0v) is 20.3. The Morgan fingerprint density at radius 2 is 1.93 bits per heavy atom. The van der Waals surface area contributed by atoms with E-state index in [4.69, 9.17) is 28.2 Å². The van der Waals surface area contributed by atoms with Crippen molar-refractivity contribution >= 4 is 48.7 Å². The minimum Gasteiger partial charge on any atom is -0.285 e. The van der Waals surface area contributed by atoms with Gasteiger partial charge >= 0.3 is 0 Å². The first-order chi connectivity index (χ1) is 12.7. The van der Waals surface area contributed by atoms with E-state index in [2.05, 4.69) is 39.0 Å². The molecule has 1 aromatic rings. The van der Waals surface area contributed by atoms with Crippen molar-refractivity contribution in [3.8, 4) is 0 Å². The third-order valence-corrected chi connectivity index (χ3v) is 8.51. The molecule has 0 aromatic heterocycles. The molecule has 27 heavy (non-hydrogen) atoms. The number of piperidine rings is 1. The molecular formula is C21H31Cl2N2PS. The molecular weight excluding hydrogens is 414 g/mol. The maximum Gasteiger partial charge on any atom is 0.0700 e. The van der Waals surface area contributed by atoms with Crippen molar-refractivity contribution in [1.29, 1.82) is 0 Å². The topological polar surface area (TPSA) is 15.6 Å². The summed E-state index contributed by atoms with van der Waals surface area (Å²) in [6.45, 7) is 13.4. The Hall–Kier alpha value is -0.0500. The van der Waals surface area contributed by atoms with Crippen LogP contribution < -0.4 is 0 Å². The van der Waals surface area contributed by atoms with Gasteiger partial charge in [0, 0.05) is 30.5 Å². The zero-order chi connectivity index (χ0) is 20.0. The molecule has 0 aliphatic carbocycles. The van der Waals surface area contributed by atoms with Crippen molar-refractivity contribution in [2.24, 2.45) is 10.9 Å². The van der Waals surface area contributed by atoms with Crippen molar-refractivity contribution in [3.05, 3.63) is 45.6 Å². The fourth-order valence-corrected chi connectivity index (χ4v) is 5.00. The van der Waals surface area contributed by atoms with Gasteiger partial charge < -0.3 is 0 Å². The number of halogens is 2. The van der Waals surface area contributed by atoms with Gasteiger partial charge in [-0.15, -0.1) is 11.8 Å². The second-order valence-electron chi connectivity index (χ2n) is 7.68. The fraction of sp³-hybridized carbons (Fsp3) is 0.571. The number of allylic oxidation sites excluding steroid dienone is 1. The second-order valence-corrected chi connectivity index (χ2v) is 10.8. The Balaban J connectivity index is 1.94. The van der Waals surface area contributed by atoms with Gasteiger partial charge in [-0.2, -0.15) is 0 Å². The molecule has 0 spiro atoms. The van der Waals surface area contributed by atoms with Crippen molar-refractivity contribution in [2.45, 2.75) is 46.0 Å². The minimum atomic E-state index is -0.142. The molecule has 6 heteroatoms. The third-order valence-electron chi connectivity index (χ3n) is 5.53.